The third-order valence-corrected chi connectivity index (χ3v) is 5.44. The maximum Gasteiger partial charge on any atom is 0.343 e. The number of ether oxygens (including phenoxy) is 2. The molecule has 172 valence electrons. The van der Waals surface area contributed by atoms with E-state index in [0.29, 0.717) is 33.7 Å². The number of carbonyl (C=O) groups excluding carboxylic acids is 2. The Hall–Kier alpha value is -4.39. The van der Waals surface area contributed by atoms with Crippen LogP contribution >= 0.6 is 0 Å². The number of nitrogens with one attached hydrogen (secondary N) is 2. The minimum atomic E-state index is -0.492. The lowest BCUT2D eigenvalue weighted by atomic mass is 10.1. The van der Waals surface area contributed by atoms with Gasteiger partial charge in [-0.05, 0) is 55.3 Å². The van der Waals surface area contributed by atoms with E-state index in [0.717, 1.165) is 16.7 Å². The number of anilines is 2. The molecule has 1 aromatic heterocycles. The highest BCUT2D eigenvalue weighted by atomic mass is 16.6. The molecule has 0 fully saturated rings. The van der Waals surface area contributed by atoms with Crippen molar-refractivity contribution in [3.63, 3.8) is 0 Å². The lowest BCUT2D eigenvalue weighted by molar-refractivity contribution is -0.142. The van der Waals surface area contributed by atoms with Crippen LogP contribution in [0.15, 0.2) is 72.8 Å². The average molecular weight is 456 g/mol. The fourth-order valence-corrected chi connectivity index (χ4v) is 3.46. The summed E-state index contributed by atoms with van der Waals surface area (Å²) in [6.07, 6.45) is 0. The number of aromatic nitrogens is 1. The van der Waals surface area contributed by atoms with Gasteiger partial charge in [0.1, 0.15) is 5.75 Å². The van der Waals surface area contributed by atoms with Crippen LogP contribution < -0.4 is 15.4 Å². The van der Waals surface area contributed by atoms with Crippen LogP contribution in [0, 0.1) is 13.8 Å². The standard InChI is InChI=1S/C27H25N3O4/c1-17-9-10-20(13-18(17)2)28-27(32)29-21-11-12-23-22(14-21)25(34-16-26(31)33-3)15-24(30-23)19-7-5-4-6-8-19/h4-15H,16H2,1-3H3,(H2,28,29,32). The average Bonchev–Trinajstić information content (AvgIpc) is 2.85. The number of amides is 2. The van der Waals surface area contributed by atoms with Gasteiger partial charge in [-0.25, -0.2) is 14.6 Å². The highest BCUT2D eigenvalue weighted by molar-refractivity contribution is 6.01. The lowest BCUT2D eigenvalue weighted by Gasteiger charge is -2.13. The Balaban J connectivity index is 1.63. The van der Waals surface area contributed by atoms with Gasteiger partial charge in [0.05, 0.1) is 18.3 Å². The minimum absolute atomic E-state index is 0.241. The molecule has 0 atom stereocenters. The van der Waals surface area contributed by atoms with Gasteiger partial charge in [-0.3, -0.25) is 0 Å². The molecule has 0 saturated carbocycles. The number of benzene rings is 3. The number of nitrogens with zero attached hydrogens (tertiary/aromatic N) is 1. The summed E-state index contributed by atoms with van der Waals surface area (Å²) < 4.78 is 10.5. The first-order valence-corrected chi connectivity index (χ1v) is 10.8. The van der Waals surface area contributed by atoms with E-state index in [-0.39, 0.29) is 12.6 Å². The Bertz CT molecular complexity index is 1350. The van der Waals surface area contributed by atoms with Crippen molar-refractivity contribution < 1.29 is 19.1 Å². The Labute approximate surface area is 197 Å². The summed E-state index contributed by atoms with van der Waals surface area (Å²) in [6.45, 7) is 3.77. The molecular formula is C27H25N3O4. The molecule has 0 unspecified atom stereocenters. The molecule has 1 heterocycles. The number of esters is 1. The molecule has 0 aliphatic heterocycles. The molecule has 3 aromatic carbocycles. The largest absolute Gasteiger partial charge is 0.481 e. The van der Waals surface area contributed by atoms with E-state index < -0.39 is 5.97 Å². The second-order valence-corrected chi connectivity index (χ2v) is 7.85. The lowest BCUT2D eigenvalue weighted by Crippen LogP contribution is -2.19. The quantitative estimate of drug-likeness (QED) is 0.363. The number of aryl methyl sites for hydroxylation is 2. The Morgan fingerprint density at radius 1 is 0.853 bits per heavy atom. The van der Waals surface area contributed by atoms with E-state index in [9.17, 15) is 9.59 Å². The van der Waals surface area contributed by atoms with Crippen LogP contribution in [0.2, 0.25) is 0 Å². The van der Waals surface area contributed by atoms with Gasteiger partial charge in [-0.1, -0.05) is 36.4 Å². The molecule has 7 nitrogen and oxygen atoms in total. The van der Waals surface area contributed by atoms with Gasteiger partial charge < -0.3 is 20.1 Å². The molecular weight excluding hydrogens is 430 g/mol. The third kappa shape index (κ3) is 5.32. The number of carbonyl (C=O) groups is 2. The topological polar surface area (TPSA) is 89.6 Å². The van der Waals surface area contributed by atoms with Crippen LogP contribution in [-0.2, 0) is 9.53 Å². The summed E-state index contributed by atoms with van der Waals surface area (Å²) >= 11 is 0. The molecule has 2 N–H and O–H groups in total. The Kier molecular flexibility index (Phi) is 6.73. The van der Waals surface area contributed by atoms with Crippen LogP contribution in [0.3, 0.4) is 0 Å². The molecule has 0 aliphatic carbocycles. The highest BCUT2D eigenvalue weighted by Crippen LogP contribution is 2.32. The van der Waals surface area contributed by atoms with Crippen LogP contribution in [0.1, 0.15) is 11.1 Å². The molecule has 0 bridgehead atoms. The van der Waals surface area contributed by atoms with E-state index in [1.807, 2.05) is 62.4 Å². The highest BCUT2D eigenvalue weighted by Gasteiger charge is 2.13. The molecule has 2 amide bonds. The van der Waals surface area contributed by atoms with E-state index in [4.69, 9.17) is 14.5 Å². The fraction of sp³-hybridized carbons (Fsp3) is 0.148. The molecule has 34 heavy (non-hydrogen) atoms. The number of urea groups is 1. The number of hydrogen-bond donors (Lipinski definition) is 2. The van der Waals surface area contributed by atoms with E-state index in [1.165, 1.54) is 7.11 Å². The second-order valence-electron chi connectivity index (χ2n) is 7.85. The van der Waals surface area contributed by atoms with Crippen molar-refractivity contribution in [2.24, 2.45) is 0 Å². The summed E-state index contributed by atoms with van der Waals surface area (Å²) in [4.78, 5) is 29.0. The second kappa shape index (κ2) is 10.0. The zero-order valence-electron chi connectivity index (χ0n) is 19.2. The number of methoxy groups -OCH3 is 1. The number of fused-ring (bicyclic) bond motifs is 1. The van der Waals surface area contributed by atoms with Gasteiger partial charge in [-0.15, -0.1) is 0 Å². The van der Waals surface area contributed by atoms with Crippen LogP contribution in [0.5, 0.6) is 5.75 Å². The van der Waals surface area contributed by atoms with Crippen LogP contribution in [0.4, 0.5) is 16.2 Å². The summed E-state index contributed by atoms with van der Waals surface area (Å²) in [5, 5.41) is 6.34. The molecule has 0 spiro atoms. The summed E-state index contributed by atoms with van der Waals surface area (Å²) in [7, 11) is 1.31. The van der Waals surface area contributed by atoms with Gasteiger partial charge in [0.25, 0.3) is 0 Å². The summed E-state index contributed by atoms with van der Waals surface area (Å²) in [5.74, 6) is -0.0271. The SMILES string of the molecule is COC(=O)COc1cc(-c2ccccc2)nc2ccc(NC(=O)Nc3ccc(C)c(C)c3)cc12. The number of pyridine rings is 1. The zero-order valence-corrected chi connectivity index (χ0v) is 19.2. The van der Waals surface area contributed by atoms with Gasteiger partial charge >= 0.3 is 12.0 Å². The molecule has 4 aromatic rings. The van der Waals surface area contributed by atoms with Crippen molar-refractivity contribution in [1.82, 2.24) is 4.98 Å². The van der Waals surface area contributed by atoms with Gasteiger partial charge in [0.15, 0.2) is 6.61 Å². The summed E-state index contributed by atoms with van der Waals surface area (Å²) in [6, 6.07) is 22.2. The third-order valence-electron chi connectivity index (χ3n) is 5.44. The van der Waals surface area contributed by atoms with Crippen molar-refractivity contribution >= 4 is 34.3 Å². The van der Waals surface area contributed by atoms with Gasteiger partial charge in [0, 0.05) is 28.4 Å². The number of rotatable bonds is 6. The predicted molar refractivity (Wildman–Crippen MR) is 133 cm³/mol. The molecule has 7 heteroatoms. The van der Waals surface area contributed by atoms with Crippen molar-refractivity contribution in [2.45, 2.75) is 13.8 Å². The van der Waals surface area contributed by atoms with E-state index >= 15 is 0 Å². The maximum atomic E-state index is 12.6. The Morgan fingerprint density at radius 2 is 1.56 bits per heavy atom. The molecule has 0 aliphatic rings. The smallest absolute Gasteiger partial charge is 0.343 e. The van der Waals surface area contributed by atoms with Crippen molar-refractivity contribution in [3.8, 4) is 17.0 Å². The fourth-order valence-electron chi connectivity index (χ4n) is 3.46. The normalized spacial score (nSPS) is 10.6. The monoisotopic (exact) mass is 455 g/mol. The summed E-state index contributed by atoms with van der Waals surface area (Å²) in [5.41, 5.74) is 5.81. The van der Waals surface area contributed by atoms with E-state index in [2.05, 4.69) is 10.6 Å². The zero-order chi connectivity index (χ0) is 24.1. The van der Waals surface area contributed by atoms with Crippen LogP contribution in [0.25, 0.3) is 22.2 Å². The Morgan fingerprint density at radius 3 is 2.26 bits per heavy atom. The van der Waals surface area contributed by atoms with Crippen LogP contribution in [-0.4, -0.2) is 30.7 Å². The van der Waals surface area contributed by atoms with Crippen molar-refractivity contribution in [2.75, 3.05) is 24.4 Å². The predicted octanol–water partition coefficient (Wildman–Crippen LogP) is 5.71. The molecule has 4 rings (SSSR count). The van der Waals surface area contributed by atoms with Gasteiger partial charge in [-0.2, -0.15) is 0 Å². The first kappa shape index (κ1) is 22.8. The first-order valence-electron chi connectivity index (χ1n) is 10.8. The minimum Gasteiger partial charge on any atom is -0.481 e. The van der Waals surface area contributed by atoms with Crippen molar-refractivity contribution in [3.05, 3.63) is 83.9 Å². The number of hydrogen-bond acceptors (Lipinski definition) is 5. The van der Waals surface area contributed by atoms with E-state index in [1.54, 1.807) is 24.3 Å². The van der Waals surface area contributed by atoms with Gasteiger partial charge in [0.2, 0.25) is 0 Å². The first-order chi connectivity index (χ1) is 16.4. The molecule has 0 radical (unpaired) electrons. The van der Waals surface area contributed by atoms with Crippen molar-refractivity contribution in [1.29, 1.82) is 0 Å². The maximum absolute atomic E-state index is 12.6. The molecule has 0 saturated heterocycles.